The summed E-state index contributed by atoms with van der Waals surface area (Å²) in [4.78, 5) is 13.4. The molecule has 0 saturated carbocycles. The fraction of sp³-hybridized carbons (Fsp3) is 0.278. The second-order valence-corrected chi connectivity index (χ2v) is 8.80. The third-order valence-electron chi connectivity index (χ3n) is 3.58. The summed E-state index contributed by atoms with van der Waals surface area (Å²) >= 11 is 1.49. The number of sulfone groups is 1. The Hall–Kier alpha value is -1.79. The zero-order valence-electron chi connectivity index (χ0n) is 13.9. The van der Waals surface area contributed by atoms with Gasteiger partial charge in [-0.3, -0.25) is 4.79 Å². The van der Waals surface area contributed by atoms with Crippen LogP contribution in [0.5, 0.6) is 0 Å². The van der Waals surface area contributed by atoms with Crippen molar-refractivity contribution in [1.82, 2.24) is 5.32 Å². The summed E-state index contributed by atoms with van der Waals surface area (Å²) in [5, 5.41) is 2.93. The lowest BCUT2D eigenvalue weighted by Crippen LogP contribution is -2.28. The minimum Gasteiger partial charge on any atom is -0.349 e. The highest BCUT2D eigenvalue weighted by atomic mass is 32.2. The van der Waals surface area contributed by atoms with Gasteiger partial charge in [-0.15, -0.1) is 11.8 Å². The first-order chi connectivity index (χ1) is 11.3. The van der Waals surface area contributed by atoms with E-state index in [4.69, 9.17) is 0 Å². The second-order valence-electron chi connectivity index (χ2n) is 5.73. The number of hydrogen-bond acceptors (Lipinski definition) is 4. The van der Waals surface area contributed by atoms with E-state index in [-0.39, 0.29) is 16.8 Å². The molecule has 128 valence electrons. The molecule has 1 amide bonds. The Bertz CT molecular complexity index is 797. The zero-order chi connectivity index (χ0) is 17.7. The van der Waals surface area contributed by atoms with Crippen molar-refractivity contribution >= 4 is 27.5 Å². The maximum absolute atomic E-state index is 12.1. The minimum atomic E-state index is -3.20. The van der Waals surface area contributed by atoms with Gasteiger partial charge in [-0.05, 0) is 43.7 Å². The second kappa shape index (κ2) is 7.85. The topological polar surface area (TPSA) is 63.2 Å². The van der Waals surface area contributed by atoms with Crippen LogP contribution in [0.15, 0.2) is 58.3 Å². The molecule has 0 radical (unpaired) electrons. The molecule has 0 saturated heterocycles. The largest absolute Gasteiger partial charge is 0.349 e. The van der Waals surface area contributed by atoms with Crippen molar-refractivity contribution in [1.29, 1.82) is 0 Å². The fourth-order valence-corrected chi connectivity index (χ4v) is 3.49. The van der Waals surface area contributed by atoms with Crippen molar-refractivity contribution < 1.29 is 13.2 Å². The normalized spacial score (nSPS) is 12.6. The third kappa shape index (κ3) is 5.39. The first-order valence-electron chi connectivity index (χ1n) is 7.54. The Morgan fingerprint density at radius 3 is 2.21 bits per heavy atom. The van der Waals surface area contributed by atoms with Gasteiger partial charge in [0.1, 0.15) is 0 Å². The average Bonchev–Trinajstić information content (AvgIpc) is 2.53. The molecule has 1 atom stereocenters. The Morgan fingerprint density at radius 2 is 1.67 bits per heavy atom. The van der Waals surface area contributed by atoms with Crippen LogP contribution in [0, 0.1) is 6.92 Å². The summed E-state index contributed by atoms with van der Waals surface area (Å²) in [5.41, 5.74) is 2.06. The molecule has 0 fully saturated rings. The van der Waals surface area contributed by atoms with Gasteiger partial charge in [0.2, 0.25) is 5.91 Å². The minimum absolute atomic E-state index is 0.0553. The van der Waals surface area contributed by atoms with Crippen LogP contribution in [0.25, 0.3) is 0 Å². The highest BCUT2D eigenvalue weighted by molar-refractivity contribution is 8.00. The number of benzene rings is 2. The molecule has 1 unspecified atom stereocenters. The molecule has 4 nitrogen and oxygen atoms in total. The van der Waals surface area contributed by atoms with E-state index in [1.54, 1.807) is 24.3 Å². The summed E-state index contributed by atoms with van der Waals surface area (Å²) in [6, 6.07) is 14.5. The number of nitrogens with one attached hydrogen (secondary N) is 1. The summed E-state index contributed by atoms with van der Waals surface area (Å²) < 4.78 is 22.9. The van der Waals surface area contributed by atoms with E-state index in [9.17, 15) is 13.2 Å². The van der Waals surface area contributed by atoms with Crippen molar-refractivity contribution in [2.24, 2.45) is 0 Å². The molecule has 2 aromatic carbocycles. The monoisotopic (exact) mass is 363 g/mol. The van der Waals surface area contributed by atoms with Gasteiger partial charge in [-0.2, -0.15) is 0 Å². The molecule has 2 aromatic rings. The lowest BCUT2D eigenvalue weighted by Gasteiger charge is -2.14. The number of carbonyl (C=O) groups excluding carboxylic acids is 1. The quantitative estimate of drug-likeness (QED) is 0.799. The van der Waals surface area contributed by atoms with E-state index in [0.717, 1.165) is 10.5 Å². The molecule has 0 aromatic heterocycles. The highest BCUT2D eigenvalue weighted by Crippen LogP contribution is 2.19. The molecule has 0 spiro atoms. The van der Waals surface area contributed by atoms with Crippen LogP contribution in [-0.4, -0.2) is 26.3 Å². The lowest BCUT2D eigenvalue weighted by molar-refractivity contribution is -0.119. The predicted molar refractivity (Wildman–Crippen MR) is 98.0 cm³/mol. The average molecular weight is 364 g/mol. The van der Waals surface area contributed by atoms with Gasteiger partial charge in [-0.1, -0.05) is 29.8 Å². The molecule has 6 heteroatoms. The lowest BCUT2D eigenvalue weighted by atomic mass is 10.1. The van der Waals surface area contributed by atoms with Crippen molar-refractivity contribution in [2.75, 3.05) is 12.0 Å². The molecule has 0 aliphatic rings. The van der Waals surface area contributed by atoms with Crippen molar-refractivity contribution in [3.8, 4) is 0 Å². The SMILES string of the molecule is Cc1ccc(SCC(=O)NC(C)c2ccc(S(C)(=O)=O)cc2)cc1. The van der Waals surface area contributed by atoms with E-state index >= 15 is 0 Å². The highest BCUT2D eigenvalue weighted by Gasteiger charge is 2.12. The first kappa shape index (κ1) is 18.5. The van der Waals surface area contributed by atoms with Crippen LogP contribution in [0.2, 0.25) is 0 Å². The van der Waals surface area contributed by atoms with Crippen LogP contribution in [0.1, 0.15) is 24.1 Å². The Kier molecular flexibility index (Phi) is 6.07. The van der Waals surface area contributed by atoms with Crippen LogP contribution >= 0.6 is 11.8 Å². The number of carbonyl (C=O) groups is 1. The number of thioether (sulfide) groups is 1. The molecule has 0 aliphatic carbocycles. The molecule has 0 heterocycles. The standard InChI is InChI=1S/C18H21NO3S2/c1-13-4-8-16(9-5-13)23-12-18(20)19-14(2)15-6-10-17(11-7-15)24(3,21)22/h4-11,14H,12H2,1-3H3,(H,19,20). The van der Waals surface area contributed by atoms with Crippen molar-refractivity contribution in [3.63, 3.8) is 0 Å². The molecule has 24 heavy (non-hydrogen) atoms. The number of rotatable bonds is 6. The Morgan fingerprint density at radius 1 is 1.08 bits per heavy atom. The zero-order valence-corrected chi connectivity index (χ0v) is 15.6. The van der Waals surface area contributed by atoms with Crippen molar-refractivity contribution in [3.05, 3.63) is 59.7 Å². The summed E-state index contributed by atoms with van der Waals surface area (Å²) in [7, 11) is -3.20. The van der Waals surface area contributed by atoms with E-state index in [2.05, 4.69) is 5.32 Å². The fourth-order valence-electron chi connectivity index (χ4n) is 2.15. The summed E-state index contributed by atoms with van der Waals surface area (Å²) in [6.07, 6.45) is 1.18. The van der Waals surface area contributed by atoms with Crippen LogP contribution in [-0.2, 0) is 14.6 Å². The Labute approximate surface area is 147 Å². The maximum atomic E-state index is 12.1. The predicted octanol–water partition coefficient (Wildman–Crippen LogP) is 3.37. The van der Waals surface area contributed by atoms with Crippen molar-refractivity contribution in [2.45, 2.75) is 29.7 Å². The number of amides is 1. The summed E-state index contributed by atoms with van der Waals surface area (Å²) in [5.74, 6) is 0.287. The van der Waals surface area contributed by atoms with Gasteiger partial charge in [0.25, 0.3) is 0 Å². The smallest absolute Gasteiger partial charge is 0.230 e. The van der Waals surface area contributed by atoms with E-state index in [1.165, 1.54) is 23.6 Å². The van der Waals surface area contributed by atoms with E-state index in [1.807, 2.05) is 38.1 Å². The molecule has 0 bridgehead atoms. The first-order valence-corrected chi connectivity index (χ1v) is 10.4. The van der Waals surface area contributed by atoms with E-state index < -0.39 is 9.84 Å². The third-order valence-corrected chi connectivity index (χ3v) is 5.72. The van der Waals surface area contributed by atoms with Gasteiger partial charge in [0.05, 0.1) is 16.7 Å². The maximum Gasteiger partial charge on any atom is 0.230 e. The van der Waals surface area contributed by atoms with Gasteiger partial charge in [0.15, 0.2) is 9.84 Å². The van der Waals surface area contributed by atoms with Gasteiger partial charge < -0.3 is 5.32 Å². The molecule has 0 aliphatic heterocycles. The van der Waals surface area contributed by atoms with Crippen LogP contribution < -0.4 is 5.32 Å². The van der Waals surface area contributed by atoms with E-state index in [0.29, 0.717) is 5.75 Å². The van der Waals surface area contributed by atoms with Gasteiger partial charge in [0, 0.05) is 11.2 Å². The van der Waals surface area contributed by atoms with Gasteiger partial charge >= 0.3 is 0 Å². The van der Waals surface area contributed by atoms with Gasteiger partial charge in [-0.25, -0.2) is 8.42 Å². The summed E-state index contributed by atoms with van der Waals surface area (Å²) in [6.45, 7) is 3.90. The molecule has 1 N–H and O–H groups in total. The molecular weight excluding hydrogens is 342 g/mol. The number of hydrogen-bond donors (Lipinski definition) is 1. The number of aryl methyl sites for hydroxylation is 1. The Balaban J connectivity index is 1.90. The van der Waals surface area contributed by atoms with Crippen LogP contribution in [0.3, 0.4) is 0 Å². The van der Waals surface area contributed by atoms with Crippen LogP contribution in [0.4, 0.5) is 0 Å². The molecular formula is C18H21NO3S2. The molecule has 2 rings (SSSR count).